The van der Waals surface area contributed by atoms with Gasteiger partial charge in [0.2, 0.25) is 47.3 Å². The van der Waals surface area contributed by atoms with Gasteiger partial charge < -0.3 is 92.7 Å². The van der Waals surface area contributed by atoms with Crippen LogP contribution in [0.5, 0.6) is 5.75 Å². The normalized spacial score (nSPS) is 14.1. The number of phenolic OH excluding ortho intramolecular Hbond substituents is 1. The Labute approximate surface area is 446 Å². The van der Waals surface area contributed by atoms with Gasteiger partial charge in [0.25, 0.3) is 0 Å². The van der Waals surface area contributed by atoms with Gasteiger partial charge in [0.05, 0.1) is 19.1 Å². The number of aliphatic carboxylic acids is 1. The summed E-state index contributed by atoms with van der Waals surface area (Å²) < 4.78 is 0. The van der Waals surface area contributed by atoms with E-state index in [1.165, 1.54) is 24.3 Å². The smallest absolute Gasteiger partial charge is 0.326 e. The molecule has 0 radical (unpaired) electrons. The summed E-state index contributed by atoms with van der Waals surface area (Å²) in [7, 11) is 0. The summed E-state index contributed by atoms with van der Waals surface area (Å²) in [6.45, 7) is 2.89. The molecule has 0 heterocycles. The van der Waals surface area contributed by atoms with Gasteiger partial charge in [-0.3, -0.25) is 48.3 Å². The van der Waals surface area contributed by atoms with Crippen molar-refractivity contribution in [1.82, 2.24) is 37.2 Å². The quantitative estimate of drug-likeness (QED) is 0.0173. The summed E-state index contributed by atoms with van der Waals surface area (Å²) in [6, 6.07) is 2.30. The Hall–Kier alpha value is -8.11. The summed E-state index contributed by atoms with van der Waals surface area (Å²) in [5.74, 6) is -9.92. The molecule has 24 N–H and O–H groups in total. The Morgan fingerprint density at radius 3 is 1.45 bits per heavy atom. The first-order valence-corrected chi connectivity index (χ1v) is 25.1. The first-order valence-electron chi connectivity index (χ1n) is 25.1. The third-order valence-corrected chi connectivity index (χ3v) is 11.6. The number of primary amides is 1. The topological polar surface area (TPSA) is 505 Å². The molecule has 426 valence electrons. The maximum Gasteiger partial charge on any atom is 0.326 e. The van der Waals surface area contributed by atoms with Crippen molar-refractivity contribution in [2.75, 3.05) is 26.2 Å². The number of aromatic hydroxyl groups is 1. The van der Waals surface area contributed by atoms with Crippen molar-refractivity contribution in [1.29, 1.82) is 0 Å². The van der Waals surface area contributed by atoms with Crippen LogP contribution in [-0.2, 0) is 56.0 Å². The third-order valence-electron chi connectivity index (χ3n) is 11.6. The lowest BCUT2D eigenvalue weighted by molar-refractivity contribution is -0.142. The lowest BCUT2D eigenvalue weighted by Gasteiger charge is -2.28. The molecule has 0 spiro atoms. The number of carboxylic acids is 1. The number of aliphatic hydroxyl groups is 1. The number of phenols is 1. The van der Waals surface area contributed by atoms with E-state index < -0.39 is 115 Å². The molecule has 2 aromatic carbocycles. The van der Waals surface area contributed by atoms with Gasteiger partial charge in [-0.15, -0.1) is 0 Å². The van der Waals surface area contributed by atoms with Gasteiger partial charge in [-0.25, -0.2) is 4.79 Å². The van der Waals surface area contributed by atoms with Crippen molar-refractivity contribution in [3.63, 3.8) is 0 Å². The Balaban J connectivity index is 2.50. The summed E-state index contributed by atoms with van der Waals surface area (Å²) in [5, 5.41) is 47.5. The lowest BCUT2D eigenvalue weighted by atomic mass is 10.00. The first kappa shape index (κ1) is 65.0. The number of carboxylic acid groups (broad SMARTS) is 1. The van der Waals surface area contributed by atoms with Crippen molar-refractivity contribution in [3.05, 3.63) is 65.7 Å². The van der Waals surface area contributed by atoms with Gasteiger partial charge in [0.1, 0.15) is 48.0 Å². The van der Waals surface area contributed by atoms with Crippen LogP contribution in [0, 0.1) is 5.92 Å². The average Bonchev–Trinajstić information content (AvgIpc) is 3.36. The van der Waals surface area contributed by atoms with Crippen LogP contribution < -0.4 is 77.4 Å². The Bertz CT molecular complexity index is 2310. The molecule has 8 atom stereocenters. The number of guanidine groups is 2. The van der Waals surface area contributed by atoms with Gasteiger partial charge >= 0.3 is 5.97 Å². The fraction of sp³-hybridized carbons (Fsp3) is 0.531. The van der Waals surface area contributed by atoms with Crippen LogP contribution in [0.1, 0.15) is 82.8 Å². The number of benzene rings is 2. The maximum atomic E-state index is 14.4. The maximum absolute atomic E-state index is 14.4. The standard InChI is InChI=1S/C49H78N16O12/c1-27(2)22-34(43(72)65-38(26-66)46(75)64-37(47(76)77)24-28-10-4-3-5-11-28)61-44(73)35(23-29-15-17-30(67)18-16-29)62-42(71)33(14-9-21-58-49(55)56)60-45(74)36(25-39(52)68)63-41(70)32(13-8-20-57-48(53)54)59-40(69)31(51)12-6-7-19-50/h3-5,10-11,15-18,27,31-38,66-67H,6-9,12-14,19-26,50-51H2,1-2H3,(H2,52,68)(H,59,69)(H,60,74)(H,61,73)(H,62,71)(H,63,70)(H,64,75)(H,65,72)(H,76,77)(H4,53,54,57)(H4,55,56,58)/t31-,32-,33-,34-,35-,36-,37-,38-/m0/s1. The highest BCUT2D eigenvalue weighted by Gasteiger charge is 2.35. The summed E-state index contributed by atoms with van der Waals surface area (Å²) in [4.78, 5) is 129. The Morgan fingerprint density at radius 2 is 0.948 bits per heavy atom. The molecule has 0 saturated heterocycles. The number of rotatable bonds is 36. The molecule has 2 rings (SSSR count). The number of aliphatic imine (C=N–C) groups is 2. The molecular formula is C49H78N16O12. The van der Waals surface area contributed by atoms with E-state index in [1.54, 1.807) is 44.2 Å². The van der Waals surface area contributed by atoms with E-state index in [9.17, 15) is 58.5 Å². The fourth-order valence-corrected chi connectivity index (χ4v) is 7.53. The number of carbonyl (C=O) groups is 9. The number of hydrogen-bond donors (Lipinski definition) is 17. The minimum atomic E-state index is -1.74. The first-order chi connectivity index (χ1) is 36.4. The monoisotopic (exact) mass is 1080 g/mol. The predicted molar refractivity (Wildman–Crippen MR) is 284 cm³/mol. The van der Waals surface area contributed by atoms with Gasteiger partial charge in [-0.1, -0.05) is 62.7 Å². The molecule has 0 unspecified atom stereocenters. The molecule has 0 aliphatic heterocycles. The summed E-state index contributed by atoms with van der Waals surface area (Å²) in [6.07, 6.45) is 0.0923. The number of nitrogens with two attached hydrogens (primary N) is 7. The molecule has 0 saturated carbocycles. The largest absolute Gasteiger partial charge is 0.508 e. The van der Waals surface area contributed by atoms with E-state index >= 15 is 0 Å². The molecule has 0 aliphatic rings. The van der Waals surface area contributed by atoms with Crippen LogP contribution in [0.4, 0.5) is 0 Å². The Kier molecular flexibility index (Phi) is 29.1. The van der Waals surface area contributed by atoms with Gasteiger partial charge in [0.15, 0.2) is 11.9 Å². The molecule has 8 amide bonds. The molecule has 0 aromatic heterocycles. The van der Waals surface area contributed by atoms with Gasteiger partial charge in [0, 0.05) is 25.9 Å². The third kappa shape index (κ3) is 25.8. The molecule has 77 heavy (non-hydrogen) atoms. The van der Waals surface area contributed by atoms with Gasteiger partial charge in [-0.05, 0) is 80.7 Å². The van der Waals surface area contributed by atoms with Crippen LogP contribution in [0.25, 0.3) is 0 Å². The van der Waals surface area contributed by atoms with Gasteiger partial charge in [-0.2, -0.15) is 0 Å². The number of unbranched alkanes of at least 4 members (excludes halogenated alkanes) is 1. The second kappa shape index (κ2) is 34.5. The number of nitrogens with one attached hydrogen (secondary N) is 7. The minimum Gasteiger partial charge on any atom is -0.508 e. The zero-order valence-corrected chi connectivity index (χ0v) is 43.5. The van der Waals surface area contributed by atoms with E-state index in [4.69, 9.17) is 40.1 Å². The second-order valence-electron chi connectivity index (χ2n) is 18.6. The zero-order chi connectivity index (χ0) is 57.6. The van der Waals surface area contributed by atoms with Crippen LogP contribution >= 0.6 is 0 Å². The van der Waals surface area contributed by atoms with Crippen LogP contribution in [0.3, 0.4) is 0 Å². The van der Waals surface area contributed by atoms with E-state index in [-0.39, 0.29) is 88.0 Å². The number of aliphatic hydroxyl groups excluding tert-OH is 1. The van der Waals surface area contributed by atoms with E-state index in [2.05, 4.69) is 47.2 Å². The molecule has 2 aromatic rings. The predicted octanol–water partition coefficient (Wildman–Crippen LogP) is -4.87. The van der Waals surface area contributed by atoms with Crippen molar-refractivity contribution in [2.24, 2.45) is 56.0 Å². The highest BCUT2D eigenvalue weighted by atomic mass is 16.4. The number of nitrogens with zero attached hydrogens (tertiary/aromatic N) is 2. The SMILES string of the molecule is CC(C)C[C@H](NC(=O)[C@H](Cc1ccc(O)cc1)NC(=O)[C@H](CCCN=C(N)N)NC(=O)[C@H](CC(N)=O)NC(=O)[C@H](CCCN=C(N)N)NC(=O)[C@@H](N)CCCCN)C(=O)N[C@@H](CO)C(=O)N[C@@H](Cc1ccccc1)C(=O)O. The van der Waals surface area contributed by atoms with E-state index in [0.717, 1.165) is 0 Å². The zero-order valence-electron chi connectivity index (χ0n) is 43.5. The molecule has 0 fully saturated rings. The van der Waals surface area contributed by atoms with Crippen molar-refractivity contribution < 1.29 is 58.5 Å². The van der Waals surface area contributed by atoms with E-state index in [0.29, 0.717) is 30.5 Å². The second-order valence-corrected chi connectivity index (χ2v) is 18.6. The highest BCUT2D eigenvalue weighted by Crippen LogP contribution is 2.14. The highest BCUT2D eigenvalue weighted by molar-refractivity contribution is 5.98. The number of amides is 8. The molecule has 0 aliphatic carbocycles. The summed E-state index contributed by atoms with van der Waals surface area (Å²) in [5.41, 5.74) is 40.0. The van der Waals surface area contributed by atoms with Crippen LogP contribution in [-0.4, -0.2) is 155 Å². The summed E-state index contributed by atoms with van der Waals surface area (Å²) >= 11 is 0. The number of hydrogen-bond acceptors (Lipinski definition) is 15. The molecule has 28 nitrogen and oxygen atoms in total. The minimum absolute atomic E-state index is 0.0399. The van der Waals surface area contributed by atoms with Crippen LogP contribution in [0.15, 0.2) is 64.6 Å². The Morgan fingerprint density at radius 1 is 0.519 bits per heavy atom. The van der Waals surface area contributed by atoms with Crippen molar-refractivity contribution in [2.45, 2.75) is 133 Å². The van der Waals surface area contributed by atoms with Crippen molar-refractivity contribution >= 4 is 65.1 Å². The fourth-order valence-electron chi connectivity index (χ4n) is 7.53. The van der Waals surface area contributed by atoms with Crippen molar-refractivity contribution in [3.8, 4) is 5.75 Å². The molecule has 28 heteroatoms. The van der Waals surface area contributed by atoms with Crippen LogP contribution in [0.2, 0.25) is 0 Å². The molecular weight excluding hydrogens is 1000 g/mol. The lowest BCUT2D eigenvalue weighted by Crippen LogP contribution is -2.61. The average molecular weight is 1080 g/mol. The van der Waals surface area contributed by atoms with E-state index in [1.807, 2.05) is 0 Å². The number of carbonyl (C=O) groups excluding carboxylic acids is 8. The molecule has 0 bridgehead atoms.